The Labute approximate surface area is 119 Å². The molecule has 106 valence electrons. The van der Waals surface area contributed by atoms with E-state index in [-0.39, 0.29) is 19.1 Å². The zero-order valence-electron chi connectivity index (χ0n) is 11.7. The zero-order valence-corrected chi connectivity index (χ0v) is 12.4. The third-order valence-electron chi connectivity index (χ3n) is 2.88. The van der Waals surface area contributed by atoms with Crippen LogP contribution in [0.3, 0.4) is 0 Å². The van der Waals surface area contributed by atoms with Crippen LogP contribution in [0, 0.1) is 0 Å². The molecule has 1 rings (SSSR count). The second kappa shape index (κ2) is 7.36. The highest BCUT2D eigenvalue weighted by atomic mass is 35.5. The fourth-order valence-electron chi connectivity index (χ4n) is 1.89. The monoisotopic (exact) mass is 284 g/mol. The lowest BCUT2D eigenvalue weighted by Crippen LogP contribution is -2.37. The highest BCUT2D eigenvalue weighted by Crippen LogP contribution is 2.30. The number of hydrogen-bond donors (Lipinski definition) is 1. The molecule has 4 nitrogen and oxygen atoms in total. The molecule has 0 saturated heterocycles. The second-order valence-electron chi connectivity index (χ2n) is 4.62. The first-order valence-corrected chi connectivity index (χ1v) is 6.72. The number of carbonyl (C=O) groups excluding carboxylic acids is 1. The van der Waals surface area contributed by atoms with Crippen molar-refractivity contribution in [1.29, 1.82) is 0 Å². The highest BCUT2D eigenvalue weighted by molar-refractivity contribution is 6.33. The first-order chi connectivity index (χ1) is 9.01. The number of rotatable bonds is 6. The minimum Gasteiger partial charge on any atom is -0.392 e. The molecule has 0 atom stereocenters. The van der Waals surface area contributed by atoms with Gasteiger partial charge in [-0.2, -0.15) is 0 Å². The number of amides is 1. The van der Waals surface area contributed by atoms with Gasteiger partial charge in [0, 0.05) is 26.2 Å². The molecule has 5 heteroatoms. The summed E-state index contributed by atoms with van der Waals surface area (Å²) in [7, 11) is 3.46. The van der Waals surface area contributed by atoms with E-state index in [2.05, 4.69) is 0 Å². The molecule has 0 radical (unpaired) electrons. The van der Waals surface area contributed by atoms with E-state index in [0.29, 0.717) is 5.02 Å². The minimum atomic E-state index is -0.0910. The van der Waals surface area contributed by atoms with Crippen molar-refractivity contribution in [3.05, 3.63) is 28.8 Å². The van der Waals surface area contributed by atoms with Gasteiger partial charge in [0.15, 0.2) is 0 Å². The van der Waals surface area contributed by atoms with Crippen LogP contribution in [0.4, 0.5) is 5.69 Å². The molecule has 1 aromatic rings. The Morgan fingerprint density at radius 2 is 2.05 bits per heavy atom. The molecule has 0 spiro atoms. The van der Waals surface area contributed by atoms with Gasteiger partial charge in [0.1, 0.15) is 0 Å². The Morgan fingerprint density at radius 1 is 1.37 bits per heavy atom. The Bertz CT molecular complexity index is 435. The zero-order chi connectivity index (χ0) is 14.4. The van der Waals surface area contributed by atoms with Gasteiger partial charge in [0.25, 0.3) is 0 Å². The lowest BCUT2D eigenvalue weighted by atomic mass is 10.1. The van der Waals surface area contributed by atoms with Crippen molar-refractivity contribution in [1.82, 2.24) is 4.90 Å². The molecule has 1 aromatic carbocycles. The van der Waals surface area contributed by atoms with Crippen molar-refractivity contribution >= 4 is 23.2 Å². The van der Waals surface area contributed by atoms with Gasteiger partial charge in [-0.1, -0.05) is 30.7 Å². The maximum Gasteiger partial charge on any atom is 0.241 e. The van der Waals surface area contributed by atoms with Crippen LogP contribution in [0.15, 0.2) is 18.2 Å². The van der Waals surface area contributed by atoms with Gasteiger partial charge in [-0.05, 0) is 12.5 Å². The van der Waals surface area contributed by atoms with E-state index in [9.17, 15) is 9.90 Å². The number of aliphatic hydroxyl groups is 1. The van der Waals surface area contributed by atoms with Crippen LogP contribution >= 0.6 is 11.6 Å². The molecular formula is C14H21ClN2O2. The van der Waals surface area contributed by atoms with Crippen LogP contribution in [-0.4, -0.2) is 43.1 Å². The Balaban J connectivity index is 3.08. The Hall–Kier alpha value is -1.26. The molecule has 1 N–H and O–H groups in total. The summed E-state index contributed by atoms with van der Waals surface area (Å²) in [6, 6.07) is 5.40. The Kier molecular flexibility index (Phi) is 6.12. The summed E-state index contributed by atoms with van der Waals surface area (Å²) >= 11 is 6.22. The van der Waals surface area contributed by atoms with Crippen molar-refractivity contribution < 1.29 is 9.90 Å². The van der Waals surface area contributed by atoms with E-state index in [1.807, 2.05) is 17.9 Å². The van der Waals surface area contributed by atoms with Gasteiger partial charge < -0.3 is 14.9 Å². The normalized spacial score (nSPS) is 10.4. The topological polar surface area (TPSA) is 43.8 Å². The minimum absolute atomic E-state index is 0.0114. The molecule has 0 unspecified atom stereocenters. The molecule has 0 bridgehead atoms. The molecular weight excluding hydrogens is 264 g/mol. The summed E-state index contributed by atoms with van der Waals surface area (Å²) in [4.78, 5) is 15.4. The maximum absolute atomic E-state index is 11.9. The van der Waals surface area contributed by atoms with Gasteiger partial charge >= 0.3 is 0 Å². The fourth-order valence-corrected chi connectivity index (χ4v) is 2.20. The lowest BCUT2D eigenvalue weighted by molar-refractivity contribution is -0.127. The van der Waals surface area contributed by atoms with Crippen molar-refractivity contribution in [3.63, 3.8) is 0 Å². The van der Waals surface area contributed by atoms with Crippen LogP contribution in [0.2, 0.25) is 5.02 Å². The van der Waals surface area contributed by atoms with Gasteiger partial charge in [-0.15, -0.1) is 0 Å². The SMILES string of the molecule is CCCN(CC(=O)N(C)C)c1c(Cl)cccc1CO. The van der Waals surface area contributed by atoms with E-state index in [1.54, 1.807) is 31.1 Å². The summed E-state index contributed by atoms with van der Waals surface area (Å²) in [5.74, 6) is 0.0114. The van der Waals surface area contributed by atoms with E-state index in [1.165, 1.54) is 0 Å². The second-order valence-corrected chi connectivity index (χ2v) is 5.02. The molecule has 0 heterocycles. The van der Waals surface area contributed by atoms with Gasteiger partial charge in [0.2, 0.25) is 5.91 Å². The highest BCUT2D eigenvalue weighted by Gasteiger charge is 2.17. The smallest absolute Gasteiger partial charge is 0.241 e. The third kappa shape index (κ3) is 4.11. The molecule has 0 fully saturated rings. The molecule has 1 amide bonds. The average Bonchev–Trinajstić information content (AvgIpc) is 2.37. The van der Waals surface area contributed by atoms with Crippen molar-refractivity contribution in [2.24, 2.45) is 0 Å². The molecule has 0 aromatic heterocycles. The van der Waals surface area contributed by atoms with Gasteiger partial charge in [-0.3, -0.25) is 4.79 Å². The van der Waals surface area contributed by atoms with E-state index in [4.69, 9.17) is 11.6 Å². The van der Waals surface area contributed by atoms with Gasteiger partial charge in [0.05, 0.1) is 23.9 Å². The van der Waals surface area contributed by atoms with E-state index in [0.717, 1.165) is 24.2 Å². The largest absolute Gasteiger partial charge is 0.392 e. The number of aliphatic hydroxyl groups excluding tert-OH is 1. The summed E-state index contributed by atoms with van der Waals surface area (Å²) in [6.07, 6.45) is 0.900. The van der Waals surface area contributed by atoms with Crippen LogP contribution in [0.5, 0.6) is 0 Å². The number of benzene rings is 1. The summed E-state index contributed by atoms with van der Waals surface area (Å²) < 4.78 is 0. The van der Waals surface area contributed by atoms with E-state index < -0.39 is 0 Å². The predicted octanol–water partition coefficient (Wildman–Crippen LogP) is 2.14. The quantitative estimate of drug-likeness (QED) is 0.870. The molecule has 0 saturated carbocycles. The fraction of sp³-hybridized carbons (Fsp3) is 0.500. The van der Waals surface area contributed by atoms with Crippen molar-refractivity contribution in [3.8, 4) is 0 Å². The lowest BCUT2D eigenvalue weighted by Gasteiger charge is -2.28. The van der Waals surface area contributed by atoms with Crippen LogP contribution < -0.4 is 4.90 Å². The number of nitrogens with zero attached hydrogens (tertiary/aromatic N) is 2. The number of carbonyl (C=O) groups is 1. The first-order valence-electron chi connectivity index (χ1n) is 6.34. The molecule has 0 aliphatic heterocycles. The Morgan fingerprint density at radius 3 is 2.58 bits per heavy atom. The third-order valence-corrected chi connectivity index (χ3v) is 3.18. The maximum atomic E-state index is 11.9. The molecule has 0 aliphatic rings. The first kappa shape index (κ1) is 15.8. The number of hydrogen-bond acceptors (Lipinski definition) is 3. The number of halogens is 1. The van der Waals surface area contributed by atoms with Crippen LogP contribution in [-0.2, 0) is 11.4 Å². The molecule has 0 aliphatic carbocycles. The number of likely N-dealkylation sites (N-methyl/N-ethyl adjacent to an activating group) is 1. The summed E-state index contributed by atoms with van der Waals surface area (Å²) in [5, 5.41) is 9.98. The summed E-state index contributed by atoms with van der Waals surface area (Å²) in [6.45, 7) is 2.93. The average molecular weight is 285 g/mol. The molecule has 19 heavy (non-hydrogen) atoms. The standard InChI is InChI=1S/C14H21ClN2O2/c1-4-8-17(9-13(19)16(2)3)14-11(10-18)6-5-7-12(14)15/h5-7,18H,4,8-10H2,1-3H3. The van der Waals surface area contributed by atoms with Gasteiger partial charge in [-0.25, -0.2) is 0 Å². The van der Waals surface area contributed by atoms with Crippen molar-refractivity contribution in [2.75, 3.05) is 32.1 Å². The number of anilines is 1. The van der Waals surface area contributed by atoms with Crippen molar-refractivity contribution in [2.45, 2.75) is 20.0 Å². The summed E-state index contributed by atoms with van der Waals surface area (Å²) in [5.41, 5.74) is 1.50. The number of para-hydroxylation sites is 1. The van der Waals surface area contributed by atoms with E-state index >= 15 is 0 Å². The predicted molar refractivity (Wildman–Crippen MR) is 78.6 cm³/mol. The van der Waals surface area contributed by atoms with Crippen LogP contribution in [0.1, 0.15) is 18.9 Å². The van der Waals surface area contributed by atoms with Crippen LogP contribution in [0.25, 0.3) is 0 Å².